The first kappa shape index (κ1) is 16.4. The number of nitrogens with zero attached hydrogens (tertiary/aromatic N) is 3. The second-order valence-electron chi connectivity index (χ2n) is 5.72. The van der Waals surface area contributed by atoms with Crippen LogP contribution >= 0.6 is 11.6 Å². The van der Waals surface area contributed by atoms with Gasteiger partial charge < -0.3 is 5.32 Å². The fourth-order valence-electron chi connectivity index (χ4n) is 2.85. The first-order valence-corrected chi connectivity index (χ1v) is 8.39. The van der Waals surface area contributed by atoms with Crippen molar-refractivity contribution in [3.8, 4) is 22.5 Å². The van der Waals surface area contributed by atoms with E-state index in [-0.39, 0.29) is 5.82 Å². The van der Waals surface area contributed by atoms with Crippen LogP contribution in [-0.4, -0.2) is 22.0 Å². The summed E-state index contributed by atoms with van der Waals surface area (Å²) in [5.41, 5.74) is 2.32. The van der Waals surface area contributed by atoms with Gasteiger partial charge in [0.1, 0.15) is 11.6 Å². The summed E-state index contributed by atoms with van der Waals surface area (Å²) < 4.78 is 14.8. The van der Waals surface area contributed by atoms with Gasteiger partial charge in [-0.25, -0.2) is 14.4 Å². The third-order valence-electron chi connectivity index (χ3n) is 4.11. The van der Waals surface area contributed by atoms with Crippen molar-refractivity contribution in [2.24, 2.45) is 0 Å². The van der Waals surface area contributed by atoms with E-state index < -0.39 is 0 Å². The number of hydrogen-bond donors (Lipinski definition) is 1. The number of aromatic nitrogens is 3. The number of anilines is 1. The molecule has 0 saturated heterocycles. The van der Waals surface area contributed by atoms with Crippen molar-refractivity contribution >= 4 is 28.3 Å². The Morgan fingerprint density at radius 2 is 1.85 bits per heavy atom. The second kappa shape index (κ2) is 6.69. The molecule has 0 radical (unpaired) electrons. The van der Waals surface area contributed by atoms with E-state index in [1.165, 1.54) is 6.07 Å². The van der Waals surface area contributed by atoms with Gasteiger partial charge in [0, 0.05) is 52.6 Å². The van der Waals surface area contributed by atoms with E-state index in [1.807, 2.05) is 24.3 Å². The molecule has 0 aliphatic heterocycles. The van der Waals surface area contributed by atoms with E-state index in [0.29, 0.717) is 33.3 Å². The number of nitrogens with one attached hydrogen (secondary N) is 1. The summed E-state index contributed by atoms with van der Waals surface area (Å²) in [4.78, 5) is 13.2. The van der Waals surface area contributed by atoms with Crippen molar-refractivity contribution in [1.29, 1.82) is 0 Å². The van der Waals surface area contributed by atoms with Crippen molar-refractivity contribution in [1.82, 2.24) is 15.0 Å². The molecule has 2 aromatic carbocycles. The van der Waals surface area contributed by atoms with Gasteiger partial charge in [-0.05, 0) is 24.3 Å². The third-order valence-corrected chi connectivity index (χ3v) is 4.43. The maximum Gasteiger partial charge on any atom is 0.163 e. The molecule has 1 N–H and O–H groups in total. The molecule has 0 unspecified atom stereocenters. The molecule has 4 rings (SSSR count). The molecule has 128 valence electrons. The second-order valence-corrected chi connectivity index (χ2v) is 6.12. The molecule has 0 saturated carbocycles. The van der Waals surface area contributed by atoms with Gasteiger partial charge >= 0.3 is 0 Å². The summed E-state index contributed by atoms with van der Waals surface area (Å²) in [7, 11) is 1.77. The number of benzene rings is 2. The quantitative estimate of drug-likeness (QED) is 0.543. The fourth-order valence-corrected chi connectivity index (χ4v) is 3.09. The molecule has 2 heterocycles. The SMILES string of the molecule is CNc1nc(-c2cccnc2)nc2cc(F)c(-c3ccccc3Cl)cc12. The normalized spacial score (nSPS) is 10.9. The minimum Gasteiger partial charge on any atom is -0.373 e. The molecule has 4 aromatic rings. The standard InChI is InChI=1S/C20H14ClFN4/c1-23-20-15-9-14(13-6-2-3-7-16(13)21)17(22)10-18(15)25-19(26-20)12-5-4-8-24-11-12/h2-11H,1H3,(H,23,25,26). The van der Waals surface area contributed by atoms with Crippen LogP contribution in [0.2, 0.25) is 5.02 Å². The van der Waals surface area contributed by atoms with Crippen LogP contribution in [0.1, 0.15) is 0 Å². The zero-order valence-corrected chi connectivity index (χ0v) is 14.6. The first-order valence-electron chi connectivity index (χ1n) is 8.01. The van der Waals surface area contributed by atoms with Crippen LogP contribution in [-0.2, 0) is 0 Å². The lowest BCUT2D eigenvalue weighted by atomic mass is 10.0. The highest BCUT2D eigenvalue weighted by molar-refractivity contribution is 6.33. The summed E-state index contributed by atoms with van der Waals surface area (Å²) >= 11 is 6.24. The van der Waals surface area contributed by atoms with Crippen molar-refractivity contribution in [2.75, 3.05) is 12.4 Å². The van der Waals surface area contributed by atoms with Crippen LogP contribution < -0.4 is 5.32 Å². The number of halogens is 2. The van der Waals surface area contributed by atoms with Gasteiger partial charge in [0.25, 0.3) is 0 Å². The van der Waals surface area contributed by atoms with E-state index >= 15 is 0 Å². The predicted molar refractivity (Wildman–Crippen MR) is 103 cm³/mol. The zero-order chi connectivity index (χ0) is 18.1. The van der Waals surface area contributed by atoms with Crippen LogP contribution in [0.15, 0.2) is 60.9 Å². The monoisotopic (exact) mass is 364 g/mol. The minimum absolute atomic E-state index is 0.386. The number of fused-ring (bicyclic) bond motifs is 1. The van der Waals surface area contributed by atoms with Gasteiger partial charge in [-0.3, -0.25) is 4.98 Å². The molecule has 0 spiro atoms. The lowest BCUT2D eigenvalue weighted by Crippen LogP contribution is -2.00. The Morgan fingerprint density at radius 3 is 2.58 bits per heavy atom. The van der Waals surface area contributed by atoms with Gasteiger partial charge in [0.05, 0.1) is 5.52 Å². The van der Waals surface area contributed by atoms with E-state index in [1.54, 1.807) is 37.6 Å². The lowest BCUT2D eigenvalue weighted by molar-refractivity contribution is 0.633. The molecule has 0 aliphatic rings. The highest BCUT2D eigenvalue weighted by Crippen LogP contribution is 2.34. The van der Waals surface area contributed by atoms with E-state index in [2.05, 4.69) is 20.3 Å². The Balaban J connectivity index is 1.96. The maximum absolute atomic E-state index is 14.8. The first-order chi connectivity index (χ1) is 12.7. The Labute approximate surface area is 154 Å². The molecule has 0 atom stereocenters. The van der Waals surface area contributed by atoms with Gasteiger partial charge in [-0.2, -0.15) is 0 Å². The Kier molecular flexibility index (Phi) is 4.22. The minimum atomic E-state index is -0.386. The number of rotatable bonds is 3. The molecule has 0 bridgehead atoms. The summed E-state index contributed by atoms with van der Waals surface area (Å²) in [6.07, 6.45) is 3.36. The molecular formula is C20H14ClFN4. The lowest BCUT2D eigenvalue weighted by Gasteiger charge is -2.12. The Morgan fingerprint density at radius 1 is 1.00 bits per heavy atom. The summed E-state index contributed by atoms with van der Waals surface area (Å²) in [6, 6.07) is 14.0. The summed E-state index contributed by atoms with van der Waals surface area (Å²) in [6.45, 7) is 0. The van der Waals surface area contributed by atoms with Gasteiger partial charge in [-0.15, -0.1) is 0 Å². The summed E-state index contributed by atoms with van der Waals surface area (Å²) in [5.74, 6) is 0.713. The third kappa shape index (κ3) is 2.86. The van der Waals surface area contributed by atoms with E-state index in [9.17, 15) is 4.39 Å². The van der Waals surface area contributed by atoms with Crippen molar-refractivity contribution in [2.45, 2.75) is 0 Å². The zero-order valence-electron chi connectivity index (χ0n) is 13.9. The number of pyridine rings is 1. The van der Waals surface area contributed by atoms with Crippen molar-refractivity contribution < 1.29 is 4.39 Å². The Hall–Kier alpha value is -3.05. The molecule has 26 heavy (non-hydrogen) atoms. The predicted octanol–water partition coefficient (Wildman–Crippen LogP) is 5.19. The summed E-state index contributed by atoms with van der Waals surface area (Å²) in [5, 5.41) is 4.28. The fraction of sp³-hybridized carbons (Fsp3) is 0.0500. The highest BCUT2D eigenvalue weighted by Gasteiger charge is 2.15. The van der Waals surface area contributed by atoms with Gasteiger partial charge in [0.2, 0.25) is 0 Å². The van der Waals surface area contributed by atoms with Crippen LogP contribution in [0.3, 0.4) is 0 Å². The molecular weight excluding hydrogens is 351 g/mol. The van der Waals surface area contributed by atoms with Gasteiger partial charge in [0.15, 0.2) is 5.82 Å². The largest absolute Gasteiger partial charge is 0.373 e. The average molecular weight is 365 g/mol. The van der Waals surface area contributed by atoms with Gasteiger partial charge in [-0.1, -0.05) is 29.8 Å². The molecule has 4 nitrogen and oxygen atoms in total. The van der Waals surface area contributed by atoms with Crippen LogP contribution in [0, 0.1) is 5.82 Å². The number of hydrogen-bond acceptors (Lipinski definition) is 4. The molecule has 0 fully saturated rings. The molecule has 6 heteroatoms. The Bertz CT molecular complexity index is 1100. The van der Waals surface area contributed by atoms with E-state index in [4.69, 9.17) is 11.6 Å². The molecule has 2 aromatic heterocycles. The van der Waals surface area contributed by atoms with Crippen LogP contribution in [0.25, 0.3) is 33.4 Å². The van der Waals surface area contributed by atoms with Crippen LogP contribution in [0.4, 0.5) is 10.2 Å². The maximum atomic E-state index is 14.8. The van der Waals surface area contributed by atoms with Crippen molar-refractivity contribution in [3.63, 3.8) is 0 Å². The topological polar surface area (TPSA) is 50.7 Å². The highest BCUT2D eigenvalue weighted by atomic mass is 35.5. The smallest absolute Gasteiger partial charge is 0.163 e. The molecule has 0 amide bonds. The average Bonchev–Trinajstić information content (AvgIpc) is 2.68. The molecule has 0 aliphatic carbocycles. The van der Waals surface area contributed by atoms with E-state index in [0.717, 1.165) is 10.9 Å². The van der Waals surface area contributed by atoms with Crippen LogP contribution in [0.5, 0.6) is 0 Å². The van der Waals surface area contributed by atoms with Crippen molar-refractivity contribution in [3.05, 3.63) is 71.8 Å².